The number of carbonyl (C=O) groups is 2. The first-order chi connectivity index (χ1) is 7.71. The molecule has 98 valence electrons. The number of amides is 2. The fraction of sp³-hybridized carbons (Fsp3) is 0.818. The van der Waals surface area contributed by atoms with Crippen molar-refractivity contribution >= 4 is 12.0 Å². The van der Waals surface area contributed by atoms with Crippen LogP contribution in [0.1, 0.15) is 27.7 Å². The van der Waals surface area contributed by atoms with Crippen LogP contribution in [0.4, 0.5) is 4.79 Å². The first-order valence-corrected chi connectivity index (χ1v) is 5.67. The van der Waals surface area contributed by atoms with Crippen LogP contribution in [0, 0.1) is 0 Å². The van der Waals surface area contributed by atoms with Gasteiger partial charge in [-0.25, -0.2) is 4.79 Å². The van der Waals surface area contributed by atoms with Gasteiger partial charge in [0.25, 0.3) is 0 Å². The fourth-order valence-electron chi connectivity index (χ4n) is 1.95. The number of hydrogen-bond acceptors (Lipinski definition) is 3. The van der Waals surface area contributed by atoms with Gasteiger partial charge in [0, 0.05) is 6.54 Å². The van der Waals surface area contributed by atoms with Gasteiger partial charge in [0.1, 0.15) is 6.04 Å². The Morgan fingerprint density at radius 3 is 2.59 bits per heavy atom. The fourth-order valence-corrected chi connectivity index (χ4v) is 1.95. The maximum Gasteiger partial charge on any atom is 0.325 e. The lowest BCUT2D eigenvalue weighted by atomic mass is 10.1. The molecule has 0 aromatic heterocycles. The lowest BCUT2D eigenvalue weighted by Crippen LogP contribution is -2.57. The molecule has 6 heteroatoms. The standard InChI is InChI=1S/C11H20N2O4/c1-7-5-13(6-11(3,4)17-7)10(16)12-8(2)9(14)15/h7-8H,5-6H2,1-4H3,(H,12,16)(H,14,15)/t7?,8-/m0/s1. The molecule has 1 aliphatic heterocycles. The van der Waals surface area contributed by atoms with Crippen molar-refractivity contribution in [3.63, 3.8) is 0 Å². The van der Waals surface area contributed by atoms with Crippen LogP contribution in [0.3, 0.4) is 0 Å². The van der Waals surface area contributed by atoms with Crippen molar-refractivity contribution in [2.45, 2.75) is 45.4 Å². The minimum Gasteiger partial charge on any atom is -0.480 e. The number of urea groups is 1. The van der Waals surface area contributed by atoms with E-state index in [0.717, 1.165) is 0 Å². The molecule has 2 atom stereocenters. The average Bonchev–Trinajstić information content (AvgIpc) is 2.13. The zero-order valence-corrected chi connectivity index (χ0v) is 10.7. The number of morpholine rings is 1. The van der Waals surface area contributed by atoms with Crippen LogP contribution in [-0.2, 0) is 9.53 Å². The van der Waals surface area contributed by atoms with E-state index >= 15 is 0 Å². The van der Waals surface area contributed by atoms with Crippen molar-refractivity contribution in [2.75, 3.05) is 13.1 Å². The number of carboxylic acid groups (broad SMARTS) is 1. The SMILES string of the molecule is CC1CN(C(=O)N[C@@H](C)C(=O)O)CC(C)(C)O1. The first-order valence-electron chi connectivity index (χ1n) is 5.67. The van der Waals surface area contributed by atoms with E-state index in [4.69, 9.17) is 9.84 Å². The topological polar surface area (TPSA) is 78.9 Å². The zero-order valence-electron chi connectivity index (χ0n) is 10.7. The molecule has 1 rings (SSSR count). The Kier molecular flexibility index (Phi) is 3.98. The van der Waals surface area contributed by atoms with Crippen LogP contribution in [0.2, 0.25) is 0 Å². The van der Waals surface area contributed by atoms with Gasteiger partial charge in [-0.1, -0.05) is 0 Å². The molecule has 6 nitrogen and oxygen atoms in total. The summed E-state index contributed by atoms with van der Waals surface area (Å²) in [5.74, 6) is -1.04. The highest BCUT2D eigenvalue weighted by molar-refractivity contribution is 5.82. The molecule has 1 saturated heterocycles. The largest absolute Gasteiger partial charge is 0.480 e. The van der Waals surface area contributed by atoms with E-state index in [0.29, 0.717) is 13.1 Å². The molecule has 0 saturated carbocycles. The van der Waals surface area contributed by atoms with Gasteiger partial charge in [0.15, 0.2) is 0 Å². The summed E-state index contributed by atoms with van der Waals surface area (Å²) in [5, 5.41) is 11.2. The van der Waals surface area contributed by atoms with Crippen molar-refractivity contribution < 1.29 is 19.4 Å². The molecule has 0 aliphatic carbocycles. The van der Waals surface area contributed by atoms with E-state index in [2.05, 4.69) is 5.32 Å². The van der Waals surface area contributed by atoms with Crippen LogP contribution in [-0.4, -0.2) is 52.8 Å². The Morgan fingerprint density at radius 1 is 1.53 bits per heavy atom. The third kappa shape index (κ3) is 3.89. The Hall–Kier alpha value is -1.30. The summed E-state index contributed by atoms with van der Waals surface area (Å²) in [5.41, 5.74) is -0.401. The number of ether oxygens (including phenoxy) is 1. The maximum absolute atomic E-state index is 11.8. The molecule has 0 bridgehead atoms. The molecular formula is C11H20N2O4. The number of aliphatic carboxylic acids is 1. The summed E-state index contributed by atoms with van der Waals surface area (Å²) < 4.78 is 5.67. The summed E-state index contributed by atoms with van der Waals surface area (Å²) in [4.78, 5) is 24.1. The predicted molar refractivity (Wildman–Crippen MR) is 61.8 cm³/mol. The molecular weight excluding hydrogens is 224 g/mol. The summed E-state index contributed by atoms with van der Waals surface area (Å²) in [7, 11) is 0. The van der Waals surface area contributed by atoms with Gasteiger partial charge in [-0.2, -0.15) is 0 Å². The highest BCUT2D eigenvalue weighted by Crippen LogP contribution is 2.20. The minimum atomic E-state index is -1.04. The van der Waals surface area contributed by atoms with E-state index in [1.54, 1.807) is 4.90 Å². The van der Waals surface area contributed by atoms with Crippen molar-refractivity contribution in [1.82, 2.24) is 10.2 Å². The second kappa shape index (κ2) is 4.91. The van der Waals surface area contributed by atoms with Gasteiger partial charge < -0.3 is 20.1 Å². The monoisotopic (exact) mass is 244 g/mol. The number of rotatable bonds is 2. The third-order valence-corrected chi connectivity index (χ3v) is 2.57. The molecule has 0 aromatic carbocycles. The Bertz CT molecular complexity index is 317. The lowest BCUT2D eigenvalue weighted by molar-refractivity contribution is -0.139. The van der Waals surface area contributed by atoms with E-state index < -0.39 is 17.6 Å². The summed E-state index contributed by atoms with van der Waals surface area (Å²) >= 11 is 0. The van der Waals surface area contributed by atoms with Gasteiger partial charge in [-0.3, -0.25) is 4.79 Å². The number of hydrogen-bond donors (Lipinski definition) is 2. The highest BCUT2D eigenvalue weighted by atomic mass is 16.5. The third-order valence-electron chi connectivity index (χ3n) is 2.57. The van der Waals surface area contributed by atoms with E-state index in [9.17, 15) is 9.59 Å². The second-order valence-corrected chi connectivity index (χ2v) is 5.08. The molecule has 2 amide bonds. The molecule has 0 radical (unpaired) electrons. The van der Waals surface area contributed by atoms with Gasteiger partial charge in [-0.15, -0.1) is 0 Å². The van der Waals surface area contributed by atoms with Crippen LogP contribution in [0.5, 0.6) is 0 Å². The van der Waals surface area contributed by atoms with Gasteiger partial charge in [0.05, 0.1) is 18.2 Å². The van der Waals surface area contributed by atoms with Crippen molar-refractivity contribution in [3.8, 4) is 0 Å². The van der Waals surface area contributed by atoms with Gasteiger partial charge >= 0.3 is 12.0 Å². The van der Waals surface area contributed by atoms with Crippen LogP contribution in [0.15, 0.2) is 0 Å². The Morgan fingerprint density at radius 2 is 2.12 bits per heavy atom. The van der Waals surface area contributed by atoms with Gasteiger partial charge in [-0.05, 0) is 27.7 Å². The number of carboxylic acids is 1. The van der Waals surface area contributed by atoms with E-state index in [1.807, 2.05) is 20.8 Å². The molecule has 0 aromatic rings. The zero-order chi connectivity index (χ0) is 13.2. The quantitative estimate of drug-likeness (QED) is 0.748. The number of carbonyl (C=O) groups excluding carboxylic acids is 1. The Balaban J connectivity index is 2.60. The van der Waals surface area contributed by atoms with Crippen molar-refractivity contribution in [2.24, 2.45) is 0 Å². The maximum atomic E-state index is 11.8. The van der Waals surface area contributed by atoms with Crippen LogP contribution < -0.4 is 5.32 Å². The summed E-state index contributed by atoms with van der Waals surface area (Å²) in [6, 6.07) is -1.24. The number of nitrogens with one attached hydrogen (secondary N) is 1. The summed E-state index contributed by atoms with van der Waals surface area (Å²) in [6.07, 6.45) is -0.0513. The second-order valence-electron chi connectivity index (χ2n) is 5.08. The lowest BCUT2D eigenvalue weighted by Gasteiger charge is -2.41. The predicted octanol–water partition coefficient (Wildman–Crippen LogP) is 0.668. The van der Waals surface area contributed by atoms with Crippen LogP contribution >= 0.6 is 0 Å². The highest BCUT2D eigenvalue weighted by Gasteiger charge is 2.34. The molecule has 0 spiro atoms. The smallest absolute Gasteiger partial charge is 0.325 e. The first kappa shape index (κ1) is 13.8. The molecule has 2 N–H and O–H groups in total. The minimum absolute atomic E-state index is 0.0513. The molecule has 1 heterocycles. The van der Waals surface area contributed by atoms with E-state index in [1.165, 1.54) is 6.92 Å². The number of nitrogens with zero attached hydrogens (tertiary/aromatic N) is 1. The van der Waals surface area contributed by atoms with Gasteiger partial charge in [0.2, 0.25) is 0 Å². The van der Waals surface area contributed by atoms with Crippen molar-refractivity contribution in [1.29, 1.82) is 0 Å². The molecule has 17 heavy (non-hydrogen) atoms. The molecule has 1 fully saturated rings. The van der Waals surface area contributed by atoms with E-state index in [-0.39, 0.29) is 12.1 Å². The Labute approximate surface area is 101 Å². The van der Waals surface area contributed by atoms with Crippen molar-refractivity contribution in [3.05, 3.63) is 0 Å². The van der Waals surface area contributed by atoms with Crippen LogP contribution in [0.25, 0.3) is 0 Å². The summed E-state index contributed by atoms with van der Waals surface area (Å²) in [6.45, 7) is 8.07. The average molecular weight is 244 g/mol. The molecule has 1 unspecified atom stereocenters. The normalized spacial score (nSPS) is 25.2. The molecule has 1 aliphatic rings.